The first-order valence-corrected chi connectivity index (χ1v) is 8.71. The lowest BCUT2D eigenvalue weighted by Gasteiger charge is -2.08. The molecule has 0 saturated heterocycles. The van der Waals surface area contributed by atoms with Gasteiger partial charge in [0.1, 0.15) is 0 Å². The predicted molar refractivity (Wildman–Crippen MR) is 102 cm³/mol. The van der Waals surface area contributed by atoms with Gasteiger partial charge in [-0.1, -0.05) is 60.7 Å². The van der Waals surface area contributed by atoms with E-state index in [0.29, 0.717) is 5.92 Å². The van der Waals surface area contributed by atoms with E-state index < -0.39 is 0 Å². The molecule has 2 atom stereocenters. The number of hydrogen-bond acceptors (Lipinski definition) is 3. The molecule has 0 aliphatic heterocycles. The molecular formula is C22H19N3O. The van der Waals surface area contributed by atoms with Gasteiger partial charge in [0.25, 0.3) is 0 Å². The number of benzene rings is 2. The van der Waals surface area contributed by atoms with Crippen molar-refractivity contribution in [1.82, 2.24) is 10.4 Å². The Labute approximate surface area is 152 Å². The van der Waals surface area contributed by atoms with Crippen molar-refractivity contribution in [1.29, 1.82) is 0 Å². The van der Waals surface area contributed by atoms with Gasteiger partial charge in [0.05, 0.1) is 5.71 Å². The molecule has 26 heavy (non-hydrogen) atoms. The van der Waals surface area contributed by atoms with Gasteiger partial charge in [-0.05, 0) is 30.0 Å². The molecule has 1 aliphatic carbocycles. The normalized spacial score (nSPS) is 19.0. The van der Waals surface area contributed by atoms with Crippen molar-refractivity contribution in [2.24, 2.45) is 11.0 Å². The maximum Gasteiger partial charge on any atom is 0.243 e. The van der Waals surface area contributed by atoms with Crippen molar-refractivity contribution in [2.75, 3.05) is 0 Å². The minimum Gasteiger partial charge on any atom is -0.273 e. The van der Waals surface area contributed by atoms with E-state index in [9.17, 15) is 4.79 Å². The van der Waals surface area contributed by atoms with E-state index in [1.54, 1.807) is 12.4 Å². The van der Waals surface area contributed by atoms with Crippen LogP contribution in [0, 0.1) is 5.92 Å². The fourth-order valence-corrected chi connectivity index (χ4v) is 3.15. The van der Waals surface area contributed by atoms with Gasteiger partial charge in [0.15, 0.2) is 0 Å². The van der Waals surface area contributed by atoms with E-state index in [4.69, 9.17) is 0 Å². The summed E-state index contributed by atoms with van der Waals surface area (Å²) in [5.74, 6) is 0.268. The number of rotatable bonds is 5. The summed E-state index contributed by atoms with van der Waals surface area (Å²) < 4.78 is 0. The molecular weight excluding hydrogens is 322 g/mol. The zero-order valence-electron chi connectivity index (χ0n) is 14.2. The standard InChI is InChI=1S/C22H19N3O/c26-22(20-15-19(20)16-7-3-1-4-8-16)25-24-21(17-9-5-2-6-10-17)18-11-13-23-14-12-18/h1-14,19-20H,15H2,(H,25,26)/t19-,20-/m1/s1. The minimum absolute atomic E-state index is 0.00406. The van der Waals surface area contributed by atoms with Crippen LogP contribution in [-0.2, 0) is 4.79 Å². The van der Waals surface area contributed by atoms with Crippen molar-refractivity contribution in [2.45, 2.75) is 12.3 Å². The maximum absolute atomic E-state index is 12.5. The number of aromatic nitrogens is 1. The summed E-state index contributed by atoms with van der Waals surface area (Å²) in [6, 6.07) is 23.8. The van der Waals surface area contributed by atoms with E-state index >= 15 is 0 Å². The number of carbonyl (C=O) groups excluding carboxylic acids is 1. The van der Waals surface area contributed by atoms with Crippen LogP contribution in [-0.4, -0.2) is 16.6 Å². The molecule has 4 rings (SSSR count). The maximum atomic E-state index is 12.5. The van der Waals surface area contributed by atoms with E-state index in [1.165, 1.54) is 5.56 Å². The number of nitrogens with one attached hydrogen (secondary N) is 1. The SMILES string of the molecule is O=C(NN=C(c1ccccc1)c1ccncc1)[C@@H]1C[C@@H]1c1ccccc1. The zero-order chi connectivity index (χ0) is 17.8. The van der Waals surface area contributed by atoms with Gasteiger partial charge in [0, 0.05) is 29.4 Å². The molecule has 0 unspecified atom stereocenters. The Morgan fingerprint density at radius 3 is 2.19 bits per heavy atom. The monoisotopic (exact) mass is 341 g/mol. The van der Waals surface area contributed by atoms with Gasteiger partial charge in [-0.3, -0.25) is 9.78 Å². The predicted octanol–water partition coefficient (Wildman–Crippen LogP) is 3.75. The highest BCUT2D eigenvalue weighted by molar-refractivity contribution is 6.13. The van der Waals surface area contributed by atoms with Crippen LogP contribution in [0.5, 0.6) is 0 Å². The summed E-state index contributed by atoms with van der Waals surface area (Å²) in [5, 5.41) is 4.44. The van der Waals surface area contributed by atoms with Crippen LogP contribution in [0.1, 0.15) is 29.0 Å². The Kier molecular flexibility index (Phi) is 4.56. The third-order valence-electron chi connectivity index (χ3n) is 4.63. The van der Waals surface area contributed by atoms with Crippen LogP contribution < -0.4 is 5.43 Å². The summed E-state index contributed by atoms with van der Waals surface area (Å²) in [6.07, 6.45) is 4.32. The van der Waals surface area contributed by atoms with Gasteiger partial charge in [-0.2, -0.15) is 5.10 Å². The van der Waals surface area contributed by atoms with Crippen LogP contribution in [0.3, 0.4) is 0 Å². The van der Waals surface area contributed by atoms with Gasteiger partial charge in [0.2, 0.25) is 5.91 Å². The van der Waals surface area contributed by atoms with Gasteiger partial charge >= 0.3 is 0 Å². The molecule has 1 N–H and O–H groups in total. The molecule has 0 radical (unpaired) electrons. The molecule has 3 aromatic rings. The number of hydrogen-bond donors (Lipinski definition) is 1. The number of pyridine rings is 1. The third kappa shape index (κ3) is 3.54. The topological polar surface area (TPSA) is 54.4 Å². The fourth-order valence-electron chi connectivity index (χ4n) is 3.15. The first kappa shape index (κ1) is 16.2. The number of carbonyl (C=O) groups is 1. The highest BCUT2D eigenvalue weighted by Crippen LogP contribution is 2.47. The third-order valence-corrected chi connectivity index (χ3v) is 4.63. The summed E-state index contributed by atoms with van der Waals surface area (Å²) in [5.41, 5.74) is 6.59. The minimum atomic E-state index is -0.0265. The highest BCUT2D eigenvalue weighted by atomic mass is 16.2. The number of nitrogens with zero attached hydrogens (tertiary/aromatic N) is 2. The molecule has 4 heteroatoms. The second-order valence-electron chi connectivity index (χ2n) is 6.40. The summed E-state index contributed by atoms with van der Waals surface area (Å²) in [4.78, 5) is 16.6. The van der Waals surface area contributed by atoms with Crippen LogP contribution in [0.2, 0.25) is 0 Å². The quantitative estimate of drug-likeness (QED) is 0.567. The fraction of sp³-hybridized carbons (Fsp3) is 0.136. The van der Waals surface area contributed by atoms with Crippen LogP contribution >= 0.6 is 0 Å². The average molecular weight is 341 g/mol. The highest BCUT2D eigenvalue weighted by Gasteiger charge is 2.43. The molecule has 1 aliphatic rings. The molecule has 1 heterocycles. The van der Waals surface area contributed by atoms with Crippen molar-refractivity contribution in [3.8, 4) is 0 Å². The van der Waals surface area contributed by atoms with E-state index in [2.05, 4.69) is 27.6 Å². The molecule has 1 fully saturated rings. The lowest BCUT2D eigenvalue weighted by molar-refractivity contribution is -0.122. The van der Waals surface area contributed by atoms with Crippen LogP contribution in [0.4, 0.5) is 0 Å². The summed E-state index contributed by atoms with van der Waals surface area (Å²) in [6.45, 7) is 0. The van der Waals surface area contributed by atoms with Gasteiger partial charge < -0.3 is 0 Å². The first-order valence-electron chi connectivity index (χ1n) is 8.71. The zero-order valence-corrected chi connectivity index (χ0v) is 14.2. The Hall–Kier alpha value is -3.27. The Morgan fingerprint density at radius 1 is 0.885 bits per heavy atom. The molecule has 1 saturated carbocycles. The smallest absolute Gasteiger partial charge is 0.243 e. The molecule has 1 aromatic heterocycles. The van der Waals surface area contributed by atoms with Crippen molar-refractivity contribution in [3.05, 3.63) is 102 Å². The second-order valence-corrected chi connectivity index (χ2v) is 6.40. The Bertz CT molecular complexity index is 866. The molecule has 128 valence electrons. The van der Waals surface area contributed by atoms with Crippen molar-refractivity contribution >= 4 is 11.6 Å². The van der Waals surface area contributed by atoms with Crippen molar-refractivity contribution < 1.29 is 4.79 Å². The van der Waals surface area contributed by atoms with Crippen LogP contribution in [0.15, 0.2) is 90.3 Å². The van der Waals surface area contributed by atoms with Gasteiger partial charge in [-0.15, -0.1) is 0 Å². The molecule has 0 bridgehead atoms. The van der Waals surface area contributed by atoms with E-state index in [-0.39, 0.29) is 11.8 Å². The number of hydrazone groups is 1. The Morgan fingerprint density at radius 2 is 1.50 bits per heavy atom. The van der Waals surface area contributed by atoms with Crippen LogP contribution in [0.25, 0.3) is 0 Å². The lowest BCUT2D eigenvalue weighted by atomic mass is 10.0. The molecule has 0 spiro atoms. The molecule has 2 aromatic carbocycles. The lowest BCUT2D eigenvalue weighted by Crippen LogP contribution is -2.22. The average Bonchev–Trinajstić information content (AvgIpc) is 3.51. The first-order chi connectivity index (χ1) is 12.8. The summed E-state index contributed by atoms with van der Waals surface area (Å²) in [7, 11) is 0. The number of amides is 1. The molecule has 1 amide bonds. The van der Waals surface area contributed by atoms with Crippen molar-refractivity contribution in [3.63, 3.8) is 0 Å². The molecule has 4 nitrogen and oxygen atoms in total. The largest absolute Gasteiger partial charge is 0.273 e. The second kappa shape index (κ2) is 7.31. The van der Waals surface area contributed by atoms with E-state index in [1.807, 2.05) is 60.7 Å². The Balaban J connectivity index is 1.52. The summed E-state index contributed by atoms with van der Waals surface area (Å²) >= 11 is 0. The van der Waals surface area contributed by atoms with E-state index in [0.717, 1.165) is 23.3 Å². The van der Waals surface area contributed by atoms with Gasteiger partial charge in [-0.25, -0.2) is 5.43 Å².